The molecular weight excluding hydrogens is 364 g/mol. The van der Waals surface area contributed by atoms with E-state index in [0.717, 1.165) is 31.5 Å². The van der Waals surface area contributed by atoms with Gasteiger partial charge in [-0.25, -0.2) is 0 Å². The number of ether oxygens (including phenoxy) is 1. The third kappa shape index (κ3) is 5.61. The lowest BCUT2D eigenvalue weighted by Crippen LogP contribution is -2.45. The van der Waals surface area contributed by atoms with E-state index in [4.69, 9.17) is 4.74 Å². The van der Waals surface area contributed by atoms with Gasteiger partial charge in [0, 0.05) is 50.5 Å². The van der Waals surface area contributed by atoms with Crippen LogP contribution in [-0.4, -0.2) is 57.5 Å². The van der Waals surface area contributed by atoms with Crippen LogP contribution in [0.2, 0.25) is 0 Å². The molecule has 1 aliphatic heterocycles. The number of aromatic nitrogens is 2. The first-order valence-corrected chi connectivity index (χ1v) is 10.7. The maximum atomic E-state index is 13.1. The zero-order chi connectivity index (χ0) is 19.9. The molecule has 0 spiro atoms. The van der Waals surface area contributed by atoms with Crippen molar-refractivity contribution < 1.29 is 9.53 Å². The van der Waals surface area contributed by atoms with Crippen LogP contribution >= 0.6 is 0 Å². The van der Waals surface area contributed by atoms with Gasteiger partial charge in [0.25, 0.3) is 0 Å². The fraction of sp³-hybridized carbons (Fsp3) is 0.522. The Morgan fingerprint density at radius 3 is 2.55 bits per heavy atom. The van der Waals surface area contributed by atoms with Crippen LogP contribution < -0.4 is 0 Å². The van der Waals surface area contributed by atoms with Crippen LogP contribution in [0.4, 0.5) is 0 Å². The van der Waals surface area contributed by atoms with Gasteiger partial charge in [-0.05, 0) is 42.2 Å². The molecule has 4 rings (SSSR count). The largest absolute Gasteiger partial charge is 0.370 e. The van der Waals surface area contributed by atoms with Gasteiger partial charge in [0.15, 0.2) is 0 Å². The molecule has 29 heavy (non-hydrogen) atoms. The SMILES string of the molecule is O=C1CN(Cc2ccncc2)C[C@H](OCc2cccnc2)CN1C1CCCCC1. The first-order valence-electron chi connectivity index (χ1n) is 10.7. The molecule has 0 N–H and O–H groups in total. The van der Waals surface area contributed by atoms with E-state index in [1.54, 1.807) is 18.6 Å². The molecule has 1 saturated heterocycles. The van der Waals surface area contributed by atoms with E-state index in [0.29, 0.717) is 25.7 Å². The summed E-state index contributed by atoms with van der Waals surface area (Å²) in [6, 6.07) is 8.35. The van der Waals surface area contributed by atoms with Gasteiger partial charge in [0.05, 0.1) is 19.3 Å². The lowest BCUT2D eigenvalue weighted by Gasteiger charge is -2.35. The highest BCUT2D eigenvalue weighted by Crippen LogP contribution is 2.25. The van der Waals surface area contributed by atoms with E-state index < -0.39 is 0 Å². The van der Waals surface area contributed by atoms with Crippen LogP contribution in [0.3, 0.4) is 0 Å². The quantitative estimate of drug-likeness (QED) is 0.754. The second-order valence-electron chi connectivity index (χ2n) is 8.16. The number of nitrogens with zero attached hydrogens (tertiary/aromatic N) is 4. The van der Waals surface area contributed by atoms with E-state index in [1.165, 1.54) is 24.8 Å². The topological polar surface area (TPSA) is 58.6 Å². The third-order valence-corrected chi connectivity index (χ3v) is 5.92. The Kier molecular flexibility index (Phi) is 6.85. The number of carbonyl (C=O) groups is 1. The number of pyridine rings is 2. The summed E-state index contributed by atoms with van der Waals surface area (Å²) in [4.78, 5) is 25.7. The normalized spacial score (nSPS) is 21.9. The van der Waals surface area contributed by atoms with E-state index in [9.17, 15) is 4.79 Å². The van der Waals surface area contributed by atoms with Gasteiger partial charge in [-0.2, -0.15) is 0 Å². The summed E-state index contributed by atoms with van der Waals surface area (Å²) in [7, 11) is 0. The van der Waals surface area contributed by atoms with Gasteiger partial charge in [-0.1, -0.05) is 25.3 Å². The molecule has 0 radical (unpaired) electrons. The minimum absolute atomic E-state index is 0.00887. The molecule has 6 heteroatoms. The zero-order valence-electron chi connectivity index (χ0n) is 16.9. The molecule has 2 aromatic rings. The van der Waals surface area contributed by atoms with Crippen LogP contribution in [-0.2, 0) is 22.7 Å². The highest BCUT2D eigenvalue weighted by molar-refractivity contribution is 5.79. The molecule has 154 valence electrons. The van der Waals surface area contributed by atoms with Gasteiger partial charge in [-0.15, -0.1) is 0 Å². The molecule has 0 aromatic carbocycles. The van der Waals surface area contributed by atoms with Gasteiger partial charge in [0.1, 0.15) is 0 Å². The fourth-order valence-electron chi connectivity index (χ4n) is 4.43. The van der Waals surface area contributed by atoms with E-state index >= 15 is 0 Å². The Morgan fingerprint density at radius 2 is 1.79 bits per heavy atom. The summed E-state index contributed by atoms with van der Waals surface area (Å²) >= 11 is 0. The maximum absolute atomic E-state index is 13.1. The van der Waals surface area contributed by atoms with Crippen LogP contribution in [0.25, 0.3) is 0 Å². The molecular formula is C23H30N4O2. The van der Waals surface area contributed by atoms with Crippen LogP contribution in [0.5, 0.6) is 0 Å². The zero-order valence-corrected chi connectivity index (χ0v) is 16.9. The minimum Gasteiger partial charge on any atom is -0.370 e. The summed E-state index contributed by atoms with van der Waals surface area (Å²) in [6.45, 7) is 3.13. The molecule has 0 bridgehead atoms. The van der Waals surface area contributed by atoms with E-state index in [-0.39, 0.29) is 12.0 Å². The standard InChI is InChI=1S/C23H30N4O2/c28-23-17-26(14-19-8-11-24-12-9-19)15-22(29-18-20-5-4-10-25-13-20)16-27(23)21-6-2-1-3-7-21/h4-5,8-13,21-22H,1-3,6-7,14-18H2/t22-/m0/s1. The Balaban J connectivity index is 1.47. The molecule has 2 fully saturated rings. The minimum atomic E-state index is -0.00887. The van der Waals surface area contributed by atoms with Crippen molar-refractivity contribution in [1.82, 2.24) is 19.8 Å². The van der Waals surface area contributed by atoms with E-state index in [1.807, 2.05) is 30.5 Å². The summed E-state index contributed by atoms with van der Waals surface area (Å²) < 4.78 is 6.30. The van der Waals surface area contributed by atoms with Crippen molar-refractivity contribution in [1.29, 1.82) is 0 Å². The molecule has 6 nitrogen and oxygen atoms in total. The molecule has 1 atom stereocenters. The van der Waals surface area contributed by atoms with Crippen molar-refractivity contribution in [3.63, 3.8) is 0 Å². The molecule has 0 unspecified atom stereocenters. The van der Waals surface area contributed by atoms with Gasteiger partial charge in [0.2, 0.25) is 5.91 Å². The average molecular weight is 395 g/mol. The molecule has 1 amide bonds. The van der Waals surface area contributed by atoms with Gasteiger partial charge in [-0.3, -0.25) is 19.7 Å². The lowest BCUT2D eigenvalue weighted by atomic mass is 9.94. The first-order chi connectivity index (χ1) is 14.3. The van der Waals surface area contributed by atoms with Crippen molar-refractivity contribution in [3.05, 3.63) is 60.2 Å². The monoisotopic (exact) mass is 394 g/mol. The lowest BCUT2D eigenvalue weighted by molar-refractivity contribution is -0.135. The predicted octanol–water partition coefficient (Wildman–Crippen LogP) is 3.04. The summed E-state index contributed by atoms with van der Waals surface area (Å²) in [5, 5.41) is 0. The maximum Gasteiger partial charge on any atom is 0.237 e. The smallest absolute Gasteiger partial charge is 0.237 e. The molecule has 1 aliphatic carbocycles. The second kappa shape index (κ2) is 9.94. The number of carbonyl (C=O) groups excluding carboxylic acids is 1. The van der Waals surface area contributed by atoms with Crippen molar-refractivity contribution in [2.24, 2.45) is 0 Å². The average Bonchev–Trinajstić information content (AvgIpc) is 2.92. The number of rotatable bonds is 6. The molecule has 3 heterocycles. The Morgan fingerprint density at radius 1 is 0.966 bits per heavy atom. The number of hydrogen-bond acceptors (Lipinski definition) is 5. The number of amides is 1. The fourth-order valence-corrected chi connectivity index (χ4v) is 4.43. The van der Waals surface area contributed by atoms with Crippen LogP contribution in [0.1, 0.15) is 43.2 Å². The van der Waals surface area contributed by atoms with Crippen molar-refractivity contribution >= 4 is 5.91 Å². The Hall–Kier alpha value is -2.31. The highest BCUT2D eigenvalue weighted by atomic mass is 16.5. The Bertz CT molecular complexity index is 765. The molecule has 2 aromatic heterocycles. The second-order valence-corrected chi connectivity index (χ2v) is 8.16. The van der Waals surface area contributed by atoms with E-state index in [2.05, 4.69) is 19.8 Å². The Labute approximate surface area is 172 Å². The van der Waals surface area contributed by atoms with Crippen LogP contribution in [0.15, 0.2) is 49.1 Å². The predicted molar refractivity (Wildman–Crippen MR) is 111 cm³/mol. The van der Waals surface area contributed by atoms with Crippen LogP contribution in [0, 0.1) is 0 Å². The van der Waals surface area contributed by atoms with Crippen molar-refractivity contribution in [3.8, 4) is 0 Å². The summed E-state index contributed by atoms with van der Waals surface area (Å²) in [5.74, 6) is 0.235. The van der Waals surface area contributed by atoms with Crippen molar-refractivity contribution in [2.45, 2.75) is 57.4 Å². The van der Waals surface area contributed by atoms with Gasteiger partial charge < -0.3 is 9.64 Å². The third-order valence-electron chi connectivity index (χ3n) is 5.92. The van der Waals surface area contributed by atoms with Crippen molar-refractivity contribution in [2.75, 3.05) is 19.6 Å². The number of hydrogen-bond donors (Lipinski definition) is 0. The highest BCUT2D eigenvalue weighted by Gasteiger charge is 2.33. The summed E-state index contributed by atoms with van der Waals surface area (Å²) in [5.41, 5.74) is 2.23. The van der Waals surface area contributed by atoms with Gasteiger partial charge >= 0.3 is 0 Å². The first kappa shape index (κ1) is 20.0. The summed E-state index contributed by atoms with van der Waals surface area (Å²) in [6.07, 6.45) is 13.2. The molecule has 1 saturated carbocycles. The molecule has 2 aliphatic rings.